The predicted octanol–water partition coefficient (Wildman–Crippen LogP) is 4.13. The minimum atomic E-state index is 0.0615. The normalized spacial score (nSPS) is 10.3. The Balaban J connectivity index is 2.35. The highest BCUT2D eigenvalue weighted by Crippen LogP contribution is 2.28. The number of anilines is 1. The number of hydrogen-bond donors (Lipinski definition) is 2. The lowest BCUT2D eigenvalue weighted by Gasteiger charge is -2.23. The van der Waals surface area contributed by atoms with E-state index in [-0.39, 0.29) is 5.84 Å². The number of benzene rings is 2. The van der Waals surface area contributed by atoms with Gasteiger partial charge in [0.15, 0.2) is 0 Å². The van der Waals surface area contributed by atoms with Crippen LogP contribution in [0.3, 0.4) is 0 Å². The Kier molecular flexibility index (Phi) is 4.83. The summed E-state index contributed by atoms with van der Waals surface area (Å²) < 4.78 is 1.91. The molecule has 0 aliphatic heterocycles. The van der Waals surface area contributed by atoms with Crippen LogP contribution in [0.4, 0.5) is 5.69 Å². The zero-order valence-electron chi connectivity index (χ0n) is 11.0. The minimum absolute atomic E-state index is 0.0615. The van der Waals surface area contributed by atoms with E-state index < -0.39 is 0 Å². The second kappa shape index (κ2) is 6.41. The molecule has 0 saturated carbocycles. The fourth-order valence-electron chi connectivity index (χ4n) is 2.06. The first-order chi connectivity index (χ1) is 9.50. The molecule has 0 spiro atoms. The molecule has 0 heterocycles. The van der Waals surface area contributed by atoms with Gasteiger partial charge in [0, 0.05) is 28.2 Å². The van der Waals surface area contributed by atoms with Crippen molar-refractivity contribution in [3.63, 3.8) is 0 Å². The van der Waals surface area contributed by atoms with Gasteiger partial charge in [-0.15, -0.1) is 0 Å². The molecule has 104 valence electrons. The van der Waals surface area contributed by atoms with Crippen molar-refractivity contribution in [1.29, 1.82) is 5.41 Å². The van der Waals surface area contributed by atoms with E-state index in [9.17, 15) is 0 Å². The van der Waals surface area contributed by atoms with Crippen LogP contribution in [0.2, 0.25) is 0 Å². The van der Waals surface area contributed by atoms with Crippen molar-refractivity contribution < 1.29 is 0 Å². The van der Waals surface area contributed by atoms with Gasteiger partial charge in [-0.3, -0.25) is 5.41 Å². The second-order valence-electron chi connectivity index (χ2n) is 4.50. The number of rotatable bonds is 4. The Morgan fingerprint density at radius 3 is 2.40 bits per heavy atom. The maximum Gasteiger partial charge on any atom is 0.126 e. The molecule has 3 nitrogen and oxygen atoms in total. The smallest absolute Gasteiger partial charge is 0.126 e. The van der Waals surface area contributed by atoms with E-state index in [4.69, 9.17) is 11.1 Å². The van der Waals surface area contributed by atoms with Crippen LogP contribution in [0.5, 0.6) is 0 Å². The highest BCUT2D eigenvalue weighted by atomic mass is 79.9. The van der Waals surface area contributed by atoms with Gasteiger partial charge in [0.1, 0.15) is 5.84 Å². The molecule has 0 aliphatic carbocycles. The Bertz CT molecular complexity index is 641. The second-order valence-corrected chi connectivity index (χ2v) is 6.20. The molecular weight excluding hydrogens is 382 g/mol. The molecule has 0 atom stereocenters. The van der Waals surface area contributed by atoms with E-state index in [1.54, 1.807) is 0 Å². The van der Waals surface area contributed by atoms with Crippen molar-refractivity contribution in [2.45, 2.75) is 6.54 Å². The van der Waals surface area contributed by atoms with Crippen LogP contribution in [-0.4, -0.2) is 12.9 Å². The first-order valence-electron chi connectivity index (χ1n) is 6.08. The topological polar surface area (TPSA) is 53.1 Å². The zero-order valence-corrected chi connectivity index (χ0v) is 14.2. The maximum atomic E-state index is 7.74. The molecule has 20 heavy (non-hydrogen) atoms. The Labute approximate surface area is 135 Å². The molecule has 0 radical (unpaired) electrons. The van der Waals surface area contributed by atoms with Gasteiger partial charge in [0.05, 0.1) is 5.56 Å². The number of nitrogens with two attached hydrogens (primary N) is 1. The highest BCUT2D eigenvalue weighted by molar-refractivity contribution is 9.10. The van der Waals surface area contributed by atoms with Gasteiger partial charge in [-0.2, -0.15) is 0 Å². The van der Waals surface area contributed by atoms with Crippen molar-refractivity contribution in [3.05, 3.63) is 62.5 Å². The summed E-state index contributed by atoms with van der Waals surface area (Å²) in [5.74, 6) is 0.0615. The quantitative estimate of drug-likeness (QED) is 0.602. The van der Waals surface area contributed by atoms with Crippen LogP contribution < -0.4 is 10.6 Å². The molecule has 2 aromatic carbocycles. The fraction of sp³-hybridized carbons (Fsp3) is 0.133. The van der Waals surface area contributed by atoms with E-state index >= 15 is 0 Å². The molecule has 0 unspecified atom stereocenters. The largest absolute Gasteiger partial charge is 0.384 e. The predicted molar refractivity (Wildman–Crippen MR) is 91.4 cm³/mol. The molecule has 0 aromatic heterocycles. The van der Waals surface area contributed by atoms with Crippen molar-refractivity contribution in [3.8, 4) is 0 Å². The average Bonchev–Trinajstić information content (AvgIpc) is 2.40. The van der Waals surface area contributed by atoms with E-state index in [1.165, 1.54) is 5.56 Å². The van der Waals surface area contributed by atoms with Crippen LogP contribution in [-0.2, 0) is 6.54 Å². The van der Waals surface area contributed by atoms with Gasteiger partial charge < -0.3 is 10.6 Å². The summed E-state index contributed by atoms with van der Waals surface area (Å²) in [7, 11) is 1.99. The van der Waals surface area contributed by atoms with Gasteiger partial charge in [0.2, 0.25) is 0 Å². The monoisotopic (exact) mass is 395 g/mol. The van der Waals surface area contributed by atoms with Crippen molar-refractivity contribution in [1.82, 2.24) is 0 Å². The van der Waals surface area contributed by atoms with Gasteiger partial charge in [-0.25, -0.2) is 0 Å². The van der Waals surface area contributed by atoms with E-state index in [0.29, 0.717) is 0 Å². The third-order valence-electron chi connectivity index (χ3n) is 3.04. The van der Waals surface area contributed by atoms with E-state index in [0.717, 1.165) is 26.7 Å². The highest BCUT2D eigenvalue weighted by Gasteiger charge is 2.14. The molecule has 2 rings (SSSR count). The van der Waals surface area contributed by atoms with Crippen LogP contribution in [0.25, 0.3) is 0 Å². The molecular formula is C15H15Br2N3. The molecule has 0 fully saturated rings. The average molecular weight is 397 g/mol. The van der Waals surface area contributed by atoms with Crippen LogP contribution in [0, 0.1) is 5.41 Å². The summed E-state index contributed by atoms with van der Waals surface area (Å²) in [5, 5.41) is 7.74. The summed E-state index contributed by atoms with van der Waals surface area (Å²) in [5.41, 5.74) is 8.54. The molecule has 5 heteroatoms. The number of halogens is 2. The number of nitrogens with one attached hydrogen (secondary N) is 1. The molecule has 3 N–H and O–H groups in total. The maximum absolute atomic E-state index is 7.74. The third kappa shape index (κ3) is 3.22. The fourth-order valence-corrected chi connectivity index (χ4v) is 3.04. The van der Waals surface area contributed by atoms with Crippen LogP contribution in [0.1, 0.15) is 11.1 Å². The van der Waals surface area contributed by atoms with Crippen LogP contribution in [0.15, 0.2) is 51.4 Å². The summed E-state index contributed by atoms with van der Waals surface area (Å²) in [6, 6.07) is 13.9. The first kappa shape index (κ1) is 15.1. The van der Waals surface area contributed by atoms with Gasteiger partial charge in [0.25, 0.3) is 0 Å². The Morgan fingerprint density at radius 2 is 1.75 bits per heavy atom. The SMILES string of the molecule is CN(Cc1ccccc1Br)c1cccc(Br)c1C(=N)N. The number of nitrogens with zero attached hydrogens (tertiary/aromatic N) is 1. The van der Waals surface area contributed by atoms with E-state index in [2.05, 4.69) is 42.8 Å². The third-order valence-corrected chi connectivity index (χ3v) is 4.47. The standard InChI is InChI=1S/C15H15Br2N3/c1-20(9-10-5-2-3-6-11(10)16)13-8-4-7-12(17)14(13)15(18)19/h2-8H,9H2,1H3,(H3,18,19). The van der Waals surface area contributed by atoms with Gasteiger partial charge >= 0.3 is 0 Å². The lowest BCUT2D eigenvalue weighted by Crippen LogP contribution is -2.22. The number of amidine groups is 1. The van der Waals surface area contributed by atoms with Gasteiger partial charge in [-0.1, -0.05) is 40.2 Å². The van der Waals surface area contributed by atoms with E-state index in [1.807, 2.05) is 43.4 Å². The van der Waals surface area contributed by atoms with Crippen molar-refractivity contribution in [2.24, 2.45) is 5.73 Å². The summed E-state index contributed by atoms with van der Waals surface area (Å²) in [4.78, 5) is 2.08. The summed E-state index contributed by atoms with van der Waals surface area (Å²) in [6.07, 6.45) is 0. The number of nitrogen functional groups attached to an aromatic ring is 1. The molecule has 0 saturated heterocycles. The molecule has 0 aliphatic rings. The molecule has 0 amide bonds. The van der Waals surface area contributed by atoms with Crippen molar-refractivity contribution >= 4 is 43.4 Å². The van der Waals surface area contributed by atoms with Crippen LogP contribution >= 0.6 is 31.9 Å². The molecule has 0 bridgehead atoms. The summed E-state index contributed by atoms with van der Waals surface area (Å²) in [6.45, 7) is 0.734. The lowest BCUT2D eigenvalue weighted by molar-refractivity contribution is 0.916. The lowest BCUT2D eigenvalue weighted by atomic mass is 10.1. The van der Waals surface area contributed by atoms with Gasteiger partial charge in [-0.05, 0) is 39.7 Å². The minimum Gasteiger partial charge on any atom is -0.384 e. The van der Waals surface area contributed by atoms with Crippen molar-refractivity contribution in [2.75, 3.05) is 11.9 Å². The summed E-state index contributed by atoms with van der Waals surface area (Å²) >= 11 is 7.02. The number of hydrogen-bond acceptors (Lipinski definition) is 2. The zero-order chi connectivity index (χ0) is 14.7. The first-order valence-corrected chi connectivity index (χ1v) is 7.66. The molecule has 2 aromatic rings. The Morgan fingerprint density at radius 1 is 1.10 bits per heavy atom. The Hall–Kier alpha value is -1.33.